The molecule has 1 aromatic rings. The molecule has 2 rings (SSSR count). The molecule has 0 radical (unpaired) electrons. The Morgan fingerprint density at radius 2 is 1.83 bits per heavy atom. The molecule has 6 heteroatoms. The van der Waals surface area contributed by atoms with Crippen LogP contribution >= 0.6 is 0 Å². The molecule has 0 spiro atoms. The Hall–Kier alpha value is -2.37. The largest absolute Gasteiger partial charge is 0.481 e. The van der Waals surface area contributed by atoms with Gasteiger partial charge in [0.15, 0.2) is 0 Å². The number of nitrogens with one attached hydrogen (secondary N) is 1. The third-order valence-corrected chi connectivity index (χ3v) is 4.51. The summed E-state index contributed by atoms with van der Waals surface area (Å²) in [4.78, 5) is 33.9. The van der Waals surface area contributed by atoms with E-state index in [1.54, 1.807) is 12.1 Å². The van der Waals surface area contributed by atoms with Crippen LogP contribution in [0.3, 0.4) is 0 Å². The molecule has 1 unspecified atom stereocenters. The van der Waals surface area contributed by atoms with Crippen molar-refractivity contribution in [2.45, 2.75) is 57.3 Å². The topological polar surface area (TPSA) is 104 Å². The summed E-state index contributed by atoms with van der Waals surface area (Å²) in [5.41, 5.74) is 2.00. The lowest BCUT2D eigenvalue weighted by atomic mass is 9.82. The summed E-state index contributed by atoms with van der Waals surface area (Å²) in [7, 11) is 0. The van der Waals surface area contributed by atoms with E-state index >= 15 is 0 Å². The Bertz CT molecular complexity index is 634. The van der Waals surface area contributed by atoms with E-state index in [-0.39, 0.29) is 5.91 Å². The number of amides is 1. The number of carbonyl (C=O) groups excluding carboxylic acids is 1. The molecule has 0 heterocycles. The number of rotatable bonds is 6. The summed E-state index contributed by atoms with van der Waals surface area (Å²) in [6.07, 6.45) is 5.10. The molecule has 6 nitrogen and oxygen atoms in total. The van der Waals surface area contributed by atoms with E-state index < -0.39 is 24.3 Å². The lowest BCUT2D eigenvalue weighted by Crippen LogP contribution is -2.17. The van der Waals surface area contributed by atoms with Gasteiger partial charge in [-0.15, -0.1) is 0 Å². The van der Waals surface area contributed by atoms with Gasteiger partial charge in [-0.05, 0) is 36.0 Å². The molecule has 1 saturated carbocycles. The molecule has 24 heavy (non-hydrogen) atoms. The molecule has 0 aromatic heterocycles. The molecule has 1 fully saturated rings. The summed E-state index contributed by atoms with van der Waals surface area (Å²) in [6.45, 7) is 1.41. The first-order valence-corrected chi connectivity index (χ1v) is 8.24. The molecule has 0 aliphatic heterocycles. The van der Waals surface area contributed by atoms with Crippen molar-refractivity contribution in [1.29, 1.82) is 0 Å². The molecule has 1 atom stereocenters. The highest BCUT2D eigenvalue weighted by atomic mass is 16.4. The second kappa shape index (κ2) is 7.95. The molecule has 3 N–H and O–H groups in total. The highest BCUT2D eigenvalue weighted by molar-refractivity contribution is 5.90. The van der Waals surface area contributed by atoms with Gasteiger partial charge < -0.3 is 15.5 Å². The van der Waals surface area contributed by atoms with E-state index in [9.17, 15) is 19.5 Å². The summed E-state index contributed by atoms with van der Waals surface area (Å²) in [5.74, 6) is -3.36. The zero-order chi connectivity index (χ0) is 17.7. The molecule has 0 bridgehead atoms. The maximum absolute atomic E-state index is 11.5. The Balaban J connectivity index is 2.38. The quantitative estimate of drug-likeness (QED) is 0.741. The summed E-state index contributed by atoms with van der Waals surface area (Å²) in [6, 6.07) is 5.14. The third-order valence-electron chi connectivity index (χ3n) is 4.51. The maximum Gasteiger partial charge on any atom is 0.311 e. The fraction of sp³-hybridized carbons (Fsp3) is 0.500. The molecule has 1 amide bonds. The zero-order valence-corrected chi connectivity index (χ0v) is 13.7. The predicted octanol–water partition coefficient (Wildman–Crippen LogP) is 3.34. The van der Waals surface area contributed by atoms with E-state index in [4.69, 9.17) is 5.11 Å². The van der Waals surface area contributed by atoms with Crippen molar-refractivity contribution in [3.8, 4) is 0 Å². The van der Waals surface area contributed by atoms with Crippen LogP contribution in [0.15, 0.2) is 18.2 Å². The molecular formula is C18H23NO5. The van der Waals surface area contributed by atoms with Crippen molar-refractivity contribution in [2.75, 3.05) is 5.32 Å². The van der Waals surface area contributed by atoms with E-state index in [2.05, 4.69) is 5.32 Å². The third kappa shape index (κ3) is 4.57. The number of carboxylic acid groups (broad SMARTS) is 2. The molecule has 0 saturated heterocycles. The van der Waals surface area contributed by atoms with Crippen LogP contribution < -0.4 is 5.32 Å². The van der Waals surface area contributed by atoms with Gasteiger partial charge in [0, 0.05) is 12.6 Å². The molecule has 130 valence electrons. The lowest BCUT2D eigenvalue weighted by molar-refractivity contribution is -0.145. The van der Waals surface area contributed by atoms with Crippen molar-refractivity contribution < 1.29 is 24.6 Å². The van der Waals surface area contributed by atoms with Gasteiger partial charge in [-0.25, -0.2) is 0 Å². The highest BCUT2D eigenvalue weighted by Crippen LogP contribution is 2.38. The van der Waals surface area contributed by atoms with Gasteiger partial charge in [-0.3, -0.25) is 14.4 Å². The minimum absolute atomic E-state index is 0.227. The predicted molar refractivity (Wildman–Crippen MR) is 89.2 cm³/mol. The van der Waals surface area contributed by atoms with E-state index in [0.29, 0.717) is 17.2 Å². The zero-order valence-electron chi connectivity index (χ0n) is 13.7. The number of carboxylic acids is 2. The fourth-order valence-corrected chi connectivity index (χ4v) is 3.38. The van der Waals surface area contributed by atoms with Crippen molar-refractivity contribution in [2.24, 2.45) is 0 Å². The van der Waals surface area contributed by atoms with E-state index in [1.165, 1.54) is 13.3 Å². The first kappa shape index (κ1) is 18.0. The Morgan fingerprint density at radius 3 is 2.38 bits per heavy atom. The molecule has 1 aliphatic rings. The van der Waals surface area contributed by atoms with Crippen molar-refractivity contribution >= 4 is 23.5 Å². The van der Waals surface area contributed by atoms with Crippen LogP contribution in [0.2, 0.25) is 0 Å². The Kier molecular flexibility index (Phi) is 5.95. The fourth-order valence-electron chi connectivity index (χ4n) is 3.38. The van der Waals surface area contributed by atoms with Crippen LogP contribution in [0.1, 0.15) is 68.4 Å². The van der Waals surface area contributed by atoms with Crippen LogP contribution in [0.25, 0.3) is 0 Å². The normalized spacial score (nSPS) is 16.4. The van der Waals surface area contributed by atoms with Crippen molar-refractivity contribution in [3.05, 3.63) is 29.3 Å². The first-order chi connectivity index (χ1) is 11.4. The number of anilines is 1. The smallest absolute Gasteiger partial charge is 0.311 e. The second-order valence-electron chi connectivity index (χ2n) is 6.35. The van der Waals surface area contributed by atoms with Gasteiger partial charge >= 0.3 is 11.9 Å². The van der Waals surface area contributed by atoms with Crippen LogP contribution in [0.5, 0.6) is 0 Å². The van der Waals surface area contributed by atoms with Gasteiger partial charge in [0.25, 0.3) is 0 Å². The van der Waals surface area contributed by atoms with Crippen LogP contribution in [-0.2, 0) is 14.4 Å². The van der Waals surface area contributed by atoms with Crippen LogP contribution in [0, 0.1) is 0 Å². The average Bonchev–Trinajstić information content (AvgIpc) is 2.52. The van der Waals surface area contributed by atoms with Crippen molar-refractivity contribution in [1.82, 2.24) is 0 Å². The average molecular weight is 333 g/mol. The highest BCUT2D eigenvalue weighted by Gasteiger charge is 2.25. The van der Waals surface area contributed by atoms with Gasteiger partial charge in [0.2, 0.25) is 5.91 Å². The molecule has 1 aromatic carbocycles. The number of carbonyl (C=O) groups is 3. The number of hydrogen-bond donors (Lipinski definition) is 3. The Labute approximate surface area is 140 Å². The maximum atomic E-state index is 11.5. The van der Waals surface area contributed by atoms with Crippen LogP contribution in [0.4, 0.5) is 5.69 Å². The lowest BCUT2D eigenvalue weighted by Gasteiger charge is -2.25. The summed E-state index contributed by atoms with van der Waals surface area (Å²) in [5, 5.41) is 21.0. The van der Waals surface area contributed by atoms with Crippen molar-refractivity contribution in [3.63, 3.8) is 0 Å². The molecular weight excluding hydrogens is 310 g/mol. The van der Waals surface area contributed by atoms with Gasteiger partial charge in [0.05, 0.1) is 12.3 Å². The van der Waals surface area contributed by atoms with Gasteiger partial charge in [-0.2, -0.15) is 0 Å². The SMILES string of the molecule is CC(=O)Nc1cc(C(CC(=O)O)C(=O)O)ccc1C1CCCCC1. The van der Waals surface area contributed by atoms with Gasteiger partial charge in [0.1, 0.15) is 0 Å². The number of benzene rings is 1. The Morgan fingerprint density at radius 1 is 1.17 bits per heavy atom. The number of aliphatic carboxylic acids is 2. The van der Waals surface area contributed by atoms with Gasteiger partial charge in [-0.1, -0.05) is 31.4 Å². The first-order valence-electron chi connectivity index (χ1n) is 8.24. The monoisotopic (exact) mass is 333 g/mol. The molecule has 1 aliphatic carbocycles. The summed E-state index contributed by atoms with van der Waals surface area (Å²) < 4.78 is 0. The van der Waals surface area contributed by atoms with E-state index in [1.807, 2.05) is 6.07 Å². The summed E-state index contributed by atoms with van der Waals surface area (Å²) >= 11 is 0. The van der Waals surface area contributed by atoms with E-state index in [0.717, 1.165) is 31.2 Å². The van der Waals surface area contributed by atoms with Crippen LogP contribution in [-0.4, -0.2) is 28.1 Å². The standard InChI is InChI=1S/C18H23NO5/c1-11(20)19-16-9-13(15(18(23)24)10-17(21)22)7-8-14(16)12-5-3-2-4-6-12/h7-9,12,15H,2-6,10H2,1H3,(H,19,20)(H,21,22)(H,23,24). The number of hydrogen-bond acceptors (Lipinski definition) is 3. The second-order valence-corrected chi connectivity index (χ2v) is 6.35. The minimum Gasteiger partial charge on any atom is -0.481 e. The minimum atomic E-state index is -1.18.